The number of aliphatic hydroxyl groups is 2. The minimum atomic E-state index is -0.552. The molecule has 0 aromatic rings. The van der Waals surface area contributed by atoms with E-state index < -0.39 is 5.60 Å². The van der Waals surface area contributed by atoms with E-state index in [1.165, 1.54) is 12.8 Å². The molecule has 0 spiro atoms. The van der Waals surface area contributed by atoms with Gasteiger partial charge in [0.05, 0.1) is 11.7 Å². The van der Waals surface area contributed by atoms with Crippen LogP contribution >= 0.6 is 0 Å². The maximum Gasteiger partial charge on any atom is 0.0721 e. The summed E-state index contributed by atoms with van der Waals surface area (Å²) < 4.78 is 0. The first-order valence-electron chi connectivity index (χ1n) is 7.44. The van der Waals surface area contributed by atoms with Crippen LogP contribution in [0.1, 0.15) is 72.6 Å². The third kappa shape index (κ3) is 12.1. The largest absolute Gasteiger partial charge is 0.390 e. The molecule has 0 aromatic heterocycles. The quantitative estimate of drug-likeness (QED) is 0.457. The standard InChI is InChI=1S/C16H32O2/c1-5-6-7-10-15(17)12-11-14(2)9-8-13-16(3,4)18/h11-12,14-15,17-18H,5-10,13H2,1-4H3/b12-11+. The lowest BCUT2D eigenvalue weighted by atomic mass is 9.96. The minimum Gasteiger partial charge on any atom is -0.390 e. The van der Waals surface area contributed by atoms with Crippen molar-refractivity contribution in [2.24, 2.45) is 5.92 Å². The van der Waals surface area contributed by atoms with Crippen LogP contribution in [0, 0.1) is 5.92 Å². The van der Waals surface area contributed by atoms with Crippen molar-refractivity contribution in [1.82, 2.24) is 0 Å². The molecule has 0 saturated carbocycles. The van der Waals surface area contributed by atoms with Gasteiger partial charge in [0, 0.05) is 0 Å². The Morgan fingerprint density at radius 2 is 1.72 bits per heavy atom. The fourth-order valence-electron chi connectivity index (χ4n) is 1.97. The summed E-state index contributed by atoms with van der Waals surface area (Å²) >= 11 is 0. The van der Waals surface area contributed by atoms with Gasteiger partial charge in [-0.1, -0.05) is 51.7 Å². The van der Waals surface area contributed by atoms with Gasteiger partial charge in [0.2, 0.25) is 0 Å². The summed E-state index contributed by atoms with van der Waals surface area (Å²) in [4.78, 5) is 0. The van der Waals surface area contributed by atoms with Gasteiger partial charge in [-0.25, -0.2) is 0 Å². The highest BCUT2D eigenvalue weighted by molar-refractivity contribution is 4.91. The predicted octanol–water partition coefficient (Wildman–Crippen LogP) is 4.06. The monoisotopic (exact) mass is 256 g/mol. The molecule has 2 heteroatoms. The van der Waals surface area contributed by atoms with Crippen molar-refractivity contribution in [3.63, 3.8) is 0 Å². The van der Waals surface area contributed by atoms with Gasteiger partial charge in [0.15, 0.2) is 0 Å². The lowest BCUT2D eigenvalue weighted by Gasteiger charge is -2.17. The van der Waals surface area contributed by atoms with Crippen molar-refractivity contribution >= 4 is 0 Å². The topological polar surface area (TPSA) is 40.5 Å². The van der Waals surface area contributed by atoms with Crippen LogP contribution in [-0.2, 0) is 0 Å². The molecule has 0 aliphatic heterocycles. The third-order valence-electron chi connectivity index (χ3n) is 3.21. The van der Waals surface area contributed by atoms with Crippen LogP contribution in [-0.4, -0.2) is 21.9 Å². The first-order valence-corrected chi connectivity index (χ1v) is 7.44. The average Bonchev–Trinajstić information content (AvgIpc) is 2.25. The Bertz CT molecular complexity index is 216. The zero-order valence-corrected chi connectivity index (χ0v) is 12.7. The smallest absolute Gasteiger partial charge is 0.0721 e. The Morgan fingerprint density at radius 3 is 2.28 bits per heavy atom. The maximum atomic E-state index is 9.75. The summed E-state index contributed by atoms with van der Waals surface area (Å²) in [5.41, 5.74) is -0.552. The highest BCUT2D eigenvalue weighted by atomic mass is 16.3. The normalized spacial score (nSPS) is 16.1. The van der Waals surface area contributed by atoms with Gasteiger partial charge in [0.1, 0.15) is 0 Å². The highest BCUT2D eigenvalue weighted by Gasteiger charge is 2.12. The fraction of sp³-hybridized carbons (Fsp3) is 0.875. The first-order chi connectivity index (χ1) is 8.35. The minimum absolute atomic E-state index is 0.284. The molecule has 0 aliphatic rings. The molecule has 18 heavy (non-hydrogen) atoms. The summed E-state index contributed by atoms with van der Waals surface area (Å²) in [5, 5.41) is 19.4. The number of aliphatic hydroxyl groups excluding tert-OH is 1. The second kappa shape index (κ2) is 9.57. The van der Waals surface area contributed by atoms with Gasteiger partial charge in [-0.2, -0.15) is 0 Å². The Kier molecular flexibility index (Phi) is 9.39. The number of hydrogen-bond acceptors (Lipinski definition) is 2. The first kappa shape index (κ1) is 17.7. The van der Waals surface area contributed by atoms with E-state index in [0.29, 0.717) is 5.92 Å². The maximum absolute atomic E-state index is 9.75. The van der Waals surface area contributed by atoms with E-state index in [1.54, 1.807) is 0 Å². The Hall–Kier alpha value is -0.340. The molecule has 0 fully saturated rings. The van der Waals surface area contributed by atoms with Gasteiger partial charge in [-0.3, -0.25) is 0 Å². The molecule has 2 nitrogen and oxygen atoms in total. The zero-order chi connectivity index (χ0) is 14.0. The van der Waals surface area contributed by atoms with Crippen LogP contribution in [0.15, 0.2) is 12.2 Å². The van der Waals surface area contributed by atoms with Gasteiger partial charge < -0.3 is 10.2 Å². The number of hydrogen-bond donors (Lipinski definition) is 2. The van der Waals surface area contributed by atoms with E-state index in [1.807, 2.05) is 19.9 Å². The molecule has 0 radical (unpaired) electrons. The van der Waals surface area contributed by atoms with E-state index in [9.17, 15) is 10.2 Å². The van der Waals surface area contributed by atoms with Crippen LogP contribution in [0.4, 0.5) is 0 Å². The summed E-state index contributed by atoms with van der Waals surface area (Å²) in [6.07, 6.45) is 11.1. The lowest BCUT2D eigenvalue weighted by Crippen LogP contribution is -2.18. The number of unbranched alkanes of at least 4 members (excludes halogenated alkanes) is 2. The van der Waals surface area contributed by atoms with E-state index >= 15 is 0 Å². The Labute approximate surface area is 113 Å². The van der Waals surface area contributed by atoms with Crippen LogP contribution in [0.3, 0.4) is 0 Å². The molecule has 0 aliphatic carbocycles. The SMILES string of the molecule is CCCCCC(O)/C=C/C(C)CCCC(C)(C)O. The molecule has 108 valence electrons. The second-order valence-electron chi connectivity index (χ2n) is 6.13. The molecular weight excluding hydrogens is 224 g/mol. The predicted molar refractivity (Wildman–Crippen MR) is 78.6 cm³/mol. The molecule has 0 bridgehead atoms. The van der Waals surface area contributed by atoms with Gasteiger partial charge >= 0.3 is 0 Å². The molecule has 0 heterocycles. The van der Waals surface area contributed by atoms with E-state index in [-0.39, 0.29) is 6.10 Å². The molecule has 2 unspecified atom stereocenters. The van der Waals surface area contributed by atoms with E-state index in [4.69, 9.17) is 0 Å². The van der Waals surface area contributed by atoms with Crippen molar-refractivity contribution in [3.05, 3.63) is 12.2 Å². The summed E-state index contributed by atoms with van der Waals surface area (Å²) in [5.74, 6) is 0.480. The van der Waals surface area contributed by atoms with Crippen molar-refractivity contribution in [2.45, 2.75) is 84.3 Å². The van der Waals surface area contributed by atoms with Crippen molar-refractivity contribution < 1.29 is 10.2 Å². The Balaban J connectivity index is 3.69. The van der Waals surface area contributed by atoms with Crippen LogP contribution in [0.25, 0.3) is 0 Å². The third-order valence-corrected chi connectivity index (χ3v) is 3.21. The van der Waals surface area contributed by atoms with E-state index in [0.717, 1.165) is 32.1 Å². The van der Waals surface area contributed by atoms with Crippen molar-refractivity contribution in [2.75, 3.05) is 0 Å². The molecule has 0 aromatic carbocycles. The Morgan fingerprint density at radius 1 is 1.06 bits per heavy atom. The van der Waals surface area contributed by atoms with Crippen LogP contribution in [0.2, 0.25) is 0 Å². The highest BCUT2D eigenvalue weighted by Crippen LogP contribution is 2.17. The summed E-state index contributed by atoms with van der Waals surface area (Å²) in [6.45, 7) is 8.04. The summed E-state index contributed by atoms with van der Waals surface area (Å²) in [7, 11) is 0. The van der Waals surface area contributed by atoms with Crippen molar-refractivity contribution in [1.29, 1.82) is 0 Å². The van der Waals surface area contributed by atoms with Gasteiger partial charge in [-0.05, 0) is 39.0 Å². The summed E-state index contributed by atoms with van der Waals surface area (Å²) in [6, 6.07) is 0. The number of rotatable bonds is 10. The zero-order valence-electron chi connectivity index (χ0n) is 12.7. The lowest BCUT2D eigenvalue weighted by molar-refractivity contribution is 0.0675. The molecule has 2 N–H and O–H groups in total. The number of allylic oxidation sites excluding steroid dienone is 1. The molecule has 0 saturated heterocycles. The fourth-order valence-corrected chi connectivity index (χ4v) is 1.97. The van der Waals surface area contributed by atoms with E-state index in [2.05, 4.69) is 19.9 Å². The molecule has 2 atom stereocenters. The molecular formula is C16H32O2. The molecule has 0 amide bonds. The average molecular weight is 256 g/mol. The van der Waals surface area contributed by atoms with Crippen LogP contribution < -0.4 is 0 Å². The second-order valence-corrected chi connectivity index (χ2v) is 6.13. The van der Waals surface area contributed by atoms with Crippen LogP contribution in [0.5, 0.6) is 0 Å². The van der Waals surface area contributed by atoms with Gasteiger partial charge in [0.25, 0.3) is 0 Å². The van der Waals surface area contributed by atoms with Gasteiger partial charge in [-0.15, -0.1) is 0 Å². The van der Waals surface area contributed by atoms with Crippen molar-refractivity contribution in [3.8, 4) is 0 Å². The molecule has 0 rings (SSSR count).